The van der Waals surface area contributed by atoms with E-state index in [9.17, 15) is 0 Å². The topological polar surface area (TPSA) is 61.0 Å². The Bertz CT molecular complexity index is 515. The van der Waals surface area contributed by atoms with E-state index in [-0.39, 0.29) is 6.04 Å². The van der Waals surface area contributed by atoms with Gasteiger partial charge in [-0.2, -0.15) is 0 Å². The van der Waals surface area contributed by atoms with Gasteiger partial charge in [0, 0.05) is 13.7 Å². The molecule has 0 aliphatic carbocycles. The van der Waals surface area contributed by atoms with Crippen molar-refractivity contribution in [2.75, 3.05) is 13.7 Å². The van der Waals surface area contributed by atoms with E-state index < -0.39 is 0 Å². The van der Waals surface area contributed by atoms with E-state index in [1.54, 1.807) is 13.3 Å². The monoisotopic (exact) mass is 245 g/mol. The highest BCUT2D eigenvalue weighted by Crippen LogP contribution is 2.21. The second-order valence-corrected chi connectivity index (χ2v) is 4.57. The molecule has 0 bridgehead atoms. The number of hydrogen-bond acceptors (Lipinski definition) is 4. The third kappa shape index (κ3) is 2.83. The van der Waals surface area contributed by atoms with Crippen molar-refractivity contribution in [1.82, 2.24) is 9.97 Å². The highest BCUT2D eigenvalue weighted by atomic mass is 16.5. The van der Waals surface area contributed by atoms with Gasteiger partial charge in [0.05, 0.1) is 29.0 Å². The number of nitrogens with two attached hydrogens (primary N) is 1. The number of benzene rings is 1. The molecule has 4 heteroatoms. The summed E-state index contributed by atoms with van der Waals surface area (Å²) in [5.41, 5.74) is 8.85. The lowest BCUT2D eigenvalue weighted by Crippen LogP contribution is -2.21. The van der Waals surface area contributed by atoms with Crippen molar-refractivity contribution >= 4 is 11.0 Å². The number of aromatic nitrogens is 2. The van der Waals surface area contributed by atoms with Gasteiger partial charge in [-0.05, 0) is 24.5 Å². The van der Waals surface area contributed by atoms with Gasteiger partial charge in [-0.3, -0.25) is 4.98 Å². The molecule has 96 valence electrons. The smallest absolute Gasteiger partial charge is 0.0890 e. The van der Waals surface area contributed by atoms with Gasteiger partial charge in [-0.25, -0.2) is 4.98 Å². The van der Waals surface area contributed by atoms with Crippen molar-refractivity contribution in [3.8, 4) is 0 Å². The van der Waals surface area contributed by atoms with Crippen LogP contribution in [0.15, 0.2) is 30.5 Å². The standard InChI is InChI=1S/C14H19N3O/c1-10(7-8-18-2)14(15)13-9-16-11-5-3-4-6-12(11)17-13/h3-6,9-10,14H,7-8,15H2,1-2H3. The maximum atomic E-state index is 6.21. The Kier molecular flexibility index (Phi) is 4.23. The maximum absolute atomic E-state index is 6.21. The van der Waals surface area contributed by atoms with E-state index in [4.69, 9.17) is 10.5 Å². The molecule has 2 rings (SSSR count). The molecule has 0 saturated carbocycles. The summed E-state index contributed by atoms with van der Waals surface area (Å²) in [6.45, 7) is 2.83. The highest BCUT2D eigenvalue weighted by molar-refractivity contribution is 5.73. The maximum Gasteiger partial charge on any atom is 0.0890 e. The molecular weight excluding hydrogens is 226 g/mol. The lowest BCUT2D eigenvalue weighted by atomic mass is 9.97. The minimum Gasteiger partial charge on any atom is -0.385 e. The minimum absolute atomic E-state index is 0.0998. The Hall–Kier alpha value is -1.52. The molecule has 0 fully saturated rings. The van der Waals surface area contributed by atoms with Crippen molar-refractivity contribution in [1.29, 1.82) is 0 Å². The van der Waals surface area contributed by atoms with Gasteiger partial charge >= 0.3 is 0 Å². The third-order valence-corrected chi connectivity index (χ3v) is 3.20. The average molecular weight is 245 g/mol. The molecule has 2 aromatic rings. The molecule has 0 spiro atoms. The molecule has 0 aliphatic rings. The lowest BCUT2D eigenvalue weighted by Gasteiger charge is -2.18. The summed E-state index contributed by atoms with van der Waals surface area (Å²) in [4.78, 5) is 8.97. The predicted molar refractivity (Wildman–Crippen MR) is 72.1 cm³/mol. The first-order valence-corrected chi connectivity index (χ1v) is 6.18. The number of nitrogens with zero attached hydrogens (tertiary/aromatic N) is 2. The molecule has 1 heterocycles. The first kappa shape index (κ1) is 12.9. The fourth-order valence-corrected chi connectivity index (χ4v) is 1.91. The highest BCUT2D eigenvalue weighted by Gasteiger charge is 2.16. The summed E-state index contributed by atoms with van der Waals surface area (Å²) in [5.74, 6) is 0.320. The number of fused-ring (bicyclic) bond motifs is 1. The fraction of sp³-hybridized carbons (Fsp3) is 0.429. The Morgan fingerprint density at radius 2 is 2.00 bits per heavy atom. The molecule has 2 unspecified atom stereocenters. The number of para-hydroxylation sites is 2. The van der Waals surface area contributed by atoms with Crippen molar-refractivity contribution in [3.63, 3.8) is 0 Å². The van der Waals surface area contributed by atoms with Crippen LogP contribution >= 0.6 is 0 Å². The molecule has 2 atom stereocenters. The SMILES string of the molecule is COCCC(C)C(N)c1cnc2ccccc2n1. The van der Waals surface area contributed by atoms with Crippen LogP contribution in [0.25, 0.3) is 11.0 Å². The van der Waals surface area contributed by atoms with Crippen LogP contribution < -0.4 is 5.73 Å². The average Bonchev–Trinajstić information content (AvgIpc) is 2.43. The van der Waals surface area contributed by atoms with Crippen molar-refractivity contribution in [2.45, 2.75) is 19.4 Å². The zero-order valence-corrected chi connectivity index (χ0v) is 10.8. The number of ether oxygens (including phenoxy) is 1. The second-order valence-electron chi connectivity index (χ2n) is 4.57. The van der Waals surface area contributed by atoms with Gasteiger partial charge in [0.1, 0.15) is 0 Å². The predicted octanol–water partition coefficient (Wildman–Crippen LogP) is 2.30. The van der Waals surface area contributed by atoms with Gasteiger partial charge in [0.2, 0.25) is 0 Å². The summed E-state index contributed by atoms with van der Waals surface area (Å²) >= 11 is 0. The number of rotatable bonds is 5. The van der Waals surface area contributed by atoms with E-state index in [1.165, 1.54) is 0 Å². The van der Waals surface area contributed by atoms with Crippen LogP contribution in [-0.4, -0.2) is 23.7 Å². The zero-order chi connectivity index (χ0) is 13.0. The largest absolute Gasteiger partial charge is 0.385 e. The Labute approximate surface area is 107 Å². The van der Waals surface area contributed by atoms with Crippen LogP contribution in [0.5, 0.6) is 0 Å². The van der Waals surface area contributed by atoms with Crippen LogP contribution in [-0.2, 0) is 4.74 Å². The first-order valence-electron chi connectivity index (χ1n) is 6.18. The van der Waals surface area contributed by atoms with E-state index in [2.05, 4.69) is 16.9 Å². The molecule has 0 radical (unpaired) electrons. The van der Waals surface area contributed by atoms with Crippen LogP contribution in [0.2, 0.25) is 0 Å². The van der Waals surface area contributed by atoms with Gasteiger partial charge in [0.25, 0.3) is 0 Å². The lowest BCUT2D eigenvalue weighted by molar-refractivity contribution is 0.174. The summed E-state index contributed by atoms with van der Waals surface area (Å²) < 4.78 is 5.08. The Balaban J connectivity index is 2.19. The van der Waals surface area contributed by atoms with Crippen LogP contribution in [0.3, 0.4) is 0 Å². The zero-order valence-electron chi connectivity index (χ0n) is 10.8. The third-order valence-electron chi connectivity index (χ3n) is 3.20. The van der Waals surface area contributed by atoms with E-state index in [0.717, 1.165) is 29.8 Å². The fourth-order valence-electron chi connectivity index (χ4n) is 1.91. The van der Waals surface area contributed by atoms with Crippen molar-refractivity contribution < 1.29 is 4.74 Å². The van der Waals surface area contributed by atoms with Gasteiger partial charge in [0.15, 0.2) is 0 Å². The van der Waals surface area contributed by atoms with Crippen molar-refractivity contribution in [2.24, 2.45) is 11.7 Å². The molecule has 0 amide bonds. The molecular formula is C14H19N3O. The van der Waals surface area contributed by atoms with Gasteiger partial charge in [-0.15, -0.1) is 0 Å². The van der Waals surface area contributed by atoms with Gasteiger partial charge in [-0.1, -0.05) is 19.1 Å². The van der Waals surface area contributed by atoms with Gasteiger partial charge < -0.3 is 10.5 Å². The first-order chi connectivity index (χ1) is 8.72. The molecule has 0 aliphatic heterocycles. The molecule has 4 nitrogen and oxygen atoms in total. The van der Waals surface area contributed by atoms with E-state index in [0.29, 0.717) is 5.92 Å². The molecule has 1 aromatic heterocycles. The Morgan fingerprint density at radius 3 is 2.72 bits per heavy atom. The summed E-state index contributed by atoms with van der Waals surface area (Å²) in [5, 5.41) is 0. The minimum atomic E-state index is -0.0998. The summed E-state index contributed by atoms with van der Waals surface area (Å²) in [6.07, 6.45) is 2.70. The quantitative estimate of drug-likeness (QED) is 0.878. The molecule has 1 aromatic carbocycles. The van der Waals surface area contributed by atoms with Crippen LogP contribution in [0, 0.1) is 5.92 Å². The molecule has 2 N–H and O–H groups in total. The van der Waals surface area contributed by atoms with Crippen LogP contribution in [0.1, 0.15) is 25.1 Å². The summed E-state index contributed by atoms with van der Waals surface area (Å²) in [7, 11) is 1.70. The number of hydrogen-bond donors (Lipinski definition) is 1. The molecule has 18 heavy (non-hydrogen) atoms. The van der Waals surface area contributed by atoms with Crippen LogP contribution in [0.4, 0.5) is 0 Å². The second kappa shape index (κ2) is 5.89. The van der Waals surface area contributed by atoms with E-state index in [1.807, 2.05) is 24.3 Å². The summed E-state index contributed by atoms with van der Waals surface area (Å²) in [6, 6.07) is 7.72. The Morgan fingerprint density at radius 1 is 1.28 bits per heavy atom. The van der Waals surface area contributed by atoms with Crippen molar-refractivity contribution in [3.05, 3.63) is 36.2 Å². The molecule has 0 saturated heterocycles. The normalized spacial score (nSPS) is 14.6. The number of methoxy groups -OCH3 is 1. The van der Waals surface area contributed by atoms with E-state index >= 15 is 0 Å².